The van der Waals surface area contributed by atoms with E-state index in [-0.39, 0.29) is 37.9 Å². The maximum atomic E-state index is 12.8. The number of nitrogens with two attached hydrogens (primary N) is 3. The van der Waals surface area contributed by atoms with Crippen molar-refractivity contribution >= 4 is 42.4 Å². The van der Waals surface area contributed by atoms with E-state index in [2.05, 4.69) is 50.0 Å². The zero-order valence-corrected chi connectivity index (χ0v) is 46.0. The monoisotopic (exact) mass is 1070 g/mol. The van der Waals surface area contributed by atoms with Crippen molar-refractivity contribution in [1.82, 2.24) is 21.4 Å². The maximum Gasteiger partial charge on any atom is 0.506 e. The first-order valence-corrected chi connectivity index (χ1v) is 25.4. The number of amides is 4. The number of benzene rings is 1. The van der Waals surface area contributed by atoms with Gasteiger partial charge in [-0.05, 0) is 106 Å². The molecule has 24 heteroatoms. The van der Waals surface area contributed by atoms with Crippen LogP contribution in [-0.2, 0) is 65.4 Å². The molecule has 4 amide bonds. The maximum absolute atomic E-state index is 12.8. The molecule has 1 aromatic carbocycles. The molecule has 2 fully saturated rings. The molecule has 1 saturated heterocycles. The van der Waals surface area contributed by atoms with Crippen molar-refractivity contribution in [2.24, 2.45) is 41.0 Å². The molecule has 1 heterocycles. The molecule has 4 rings (SSSR count). The van der Waals surface area contributed by atoms with Gasteiger partial charge in [-0.2, -0.15) is 0 Å². The van der Waals surface area contributed by atoms with Gasteiger partial charge in [0.2, 0.25) is 24.1 Å². The standard InChI is InChI=1S/C27H43N3O7.C9H17N3.C7H16N2O3.C5H10O3.C2H6O.CH2O2/c1-8-19-13-21(10-9-20(19)16-36-26(34)35)29-23(32)15-28-25(33)24(18(4)5)30-22(31)14-27(6,7)37-12-11-17(2)3;10-8-3-1-6-5-7(6)2-4-9(8)12-11;8-1-3-11-5-6-12-4-2-9-7-10;6-4-1-5(7)3-8-2-4;1-3-2;2-1-3/h9-10,13,17-18,24H,8,11-12,14-16H2,1-7H3,(H,28,33)(H,29,32)(H,30,31)(H,34,35);6-7,12H,1-5,10-11H2;7H,1-6,8H2,(H,9,10);4-7H,1-3H2;1-2H3;1H,(H,2,3)/b;9-8-;;;;. The van der Waals surface area contributed by atoms with E-state index in [1.165, 1.54) is 19.3 Å². The summed E-state index contributed by atoms with van der Waals surface area (Å²) in [6, 6.07) is 4.27. The number of carbonyl (C=O) groups excluding carboxylic acids is 4. The highest BCUT2D eigenvalue weighted by Gasteiger charge is 2.37. The zero-order valence-electron chi connectivity index (χ0n) is 46.0. The van der Waals surface area contributed by atoms with E-state index in [0.717, 1.165) is 48.1 Å². The summed E-state index contributed by atoms with van der Waals surface area (Å²) in [6.07, 6.45) is 6.48. The van der Waals surface area contributed by atoms with Gasteiger partial charge in [-0.25, -0.2) is 4.79 Å². The molecule has 2 aliphatic carbocycles. The highest BCUT2D eigenvalue weighted by molar-refractivity contribution is 5.96. The Morgan fingerprint density at radius 3 is 2.00 bits per heavy atom. The summed E-state index contributed by atoms with van der Waals surface area (Å²) in [7, 11) is 3.25. The van der Waals surface area contributed by atoms with Gasteiger partial charge < -0.3 is 87.0 Å². The fraction of sp³-hybridized carbons (Fsp3) is 0.725. The Bertz CT molecular complexity index is 1750. The number of fused-ring (bicyclic) bond motifs is 1. The van der Waals surface area contributed by atoms with Gasteiger partial charge in [0.05, 0.1) is 70.4 Å². The molecule has 5 unspecified atom stereocenters. The number of hydrogen-bond acceptors (Lipinski definition) is 18. The van der Waals surface area contributed by atoms with Gasteiger partial charge in [-0.3, -0.25) is 29.8 Å². The van der Waals surface area contributed by atoms with Crippen LogP contribution >= 0.6 is 0 Å². The number of aryl methyl sites for hydroxylation is 1. The summed E-state index contributed by atoms with van der Waals surface area (Å²) in [5.41, 5.74) is 17.2. The predicted molar refractivity (Wildman–Crippen MR) is 284 cm³/mol. The van der Waals surface area contributed by atoms with Crippen LogP contribution < -0.4 is 44.0 Å². The normalized spacial score (nSPS) is 18.8. The molecule has 5 atom stereocenters. The van der Waals surface area contributed by atoms with Gasteiger partial charge in [0, 0.05) is 57.4 Å². The molecule has 15 N–H and O–H groups in total. The Balaban J connectivity index is 0. The van der Waals surface area contributed by atoms with Gasteiger partial charge in [0.25, 0.3) is 6.47 Å². The first-order chi connectivity index (χ1) is 35.6. The van der Waals surface area contributed by atoms with Crippen LogP contribution in [0.4, 0.5) is 10.5 Å². The highest BCUT2D eigenvalue weighted by Crippen LogP contribution is 2.47. The smallest absolute Gasteiger partial charge is 0.483 e. The minimum absolute atomic E-state index is 0.0770. The topological polar surface area (TPSA) is 377 Å². The quantitative estimate of drug-likeness (QED) is 0.0220. The Kier molecular flexibility index (Phi) is 42.2. The molecule has 0 radical (unpaired) electrons. The Morgan fingerprint density at radius 2 is 1.49 bits per heavy atom. The van der Waals surface area contributed by atoms with Crippen molar-refractivity contribution in [2.75, 3.05) is 85.4 Å². The second-order valence-corrected chi connectivity index (χ2v) is 19.1. The molecule has 1 aliphatic heterocycles. The van der Waals surface area contributed by atoms with Gasteiger partial charge >= 0.3 is 6.16 Å². The van der Waals surface area contributed by atoms with Gasteiger partial charge in [0.15, 0.2) is 0 Å². The number of methoxy groups -OCH3 is 1. The number of carboxylic acid groups (broad SMARTS) is 2. The average molecular weight is 1080 g/mol. The van der Waals surface area contributed by atoms with Crippen molar-refractivity contribution in [3.05, 3.63) is 40.7 Å². The first kappa shape index (κ1) is 71.9. The molecule has 75 heavy (non-hydrogen) atoms. The van der Waals surface area contributed by atoms with Crippen LogP contribution in [0.3, 0.4) is 0 Å². The Labute approximate surface area is 444 Å². The summed E-state index contributed by atoms with van der Waals surface area (Å²) in [5.74, 6) is 6.46. The molecule has 434 valence electrons. The SMILES string of the molecule is CCc1cc(NC(=O)CNC(=O)C(NC(=O)CC(C)(C)OCCC(C)C)C(C)C)ccc1COC(=O)O.COC.NCCOCCOCCNC=O.NN/C1=C(\N)CCC2CC2CC1.O=CO.OC1COCC(O)C1. The summed E-state index contributed by atoms with van der Waals surface area (Å²) in [6.45, 7) is 17.4. The molecule has 0 spiro atoms. The van der Waals surface area contributed by atoms with Crippen LogP contribution in [0.5, 0.6) is 0 Å². The van der Waals surface area contributed by atoms with Crippen molar-refractivity contribution < 1.29 is 77.6 Å². The van der Waals surface area contributed by atoms with Crippen LogP contribution in [0.15, 0.2) is 29.6 Å². The van der Waals surface area contributed by atoms with E-state index < -0.39 is 41.8 Å². The molecule has 0 aromatic heterocycles. The number of allylic oxidation sites excluding steroid dienone is 2. The Morgan fingerprint density at radius 1 is 0.893 bits per heavy atom. The molecular weight excluding hydrogens is 981 g/mol. The second-order valence-electron chi connectivity index (χ2n) is 19.1. The lowest BCUT2D eigenvalue weighted by molar-refractivity contribution is -0.134. The summed E-state index contributed by atoms with van der Waals surface area (Å²) >= 11 is 0. The predicted octanol–water partition coefficient (Wildman–Crippen LogP) is 2.52. The van der Waals surface area contributed by atoms with E-state index in [1.807, 2.05) is 34.6 Å². The van der Waals surface area contributed by atoms with Crippen LogP contribution in [0.2, 0.25) is 0 Å². The minimum atomic E-state index is -1.36. The number of hydrogen-bond donors (Lipinski definition) is 12. The molecule has 1 saturated carbocycles. The van der Waals surface area contributed by atoms with E-state index in [4.69, 9.17) is 61.5 Å². The molecule has 3 aliphatic rings. The van der Waals surface area contributed by atoms with Crippen LogP contribution in [0, 0.1) is 23.7 Å². The van der Waals surface area contributed by atoms with Crippen molar-refractivity contribution in [3.63, 3.8) is 0 Å². The second kappa shape index (κ2) is 44.0. The van der Waals surface area contributed by atoms with E-state index >= 15 is 0 Å². The van der Waals surface area contributed by atoms with Crippen LogP contribution in [0.25, 0.3) is 0 Å². The summed E-state index contributed by atoms with van der Waals surface area (Å²) in [5, 5.41) is 43.7. The fourth-order valence-corrected chi connectivity index (χ4v) is 7.11. The van der Waals surface area contributed by atoms with E-state index in [9.17, 15) is 24.0 Å². The zero-order chi connectivity index (χ0) is 57.2. The van der Waals surface area contributed by atoms with E-state index in [0.29, 0.717) is 95.8 Å². The van der Waals surface area contributed by atoms with Gasteiger partial charge in [-0.15, -0.1) is 0 Å². The van der Waals surface area contributed by atoms with Crippen molar-refractivity contribution in [3.8, 4) is 0 Å². The average Bonchev–Trinajstić information content (AvgIpc) is 4.09. The molecular formula is C51H94N8O16. The number of anilines is 1. The lowest BCUT2D eigenvalue weighted by Gasteiger charge is -2.27. The van der Waals surface area contributed by atoms with Crippen LogP contribution in [-0.4, -0.2) is 161 Å². The number of rotatable bonds is 25. The van der Waals surface area contributed by atoms with Gasteiger partial charge in [0.1, 0.15) is 12.6 Å². The van der Waals surface area contributed by atoms with Crippen molar-refractivity contribution in [1.29, 1.82) is 0 Å². The third-order valence-corrected chi connectivity index (χ3v) is 11.1. The fourth-order valence-electron chi connectivity index (χ4n) is 7.11. The number of carbonyl (C=O) groups is 6. The van der Waals surface area contributed by atoms with Crippen LogP contribution in [0.1, 0.15) is 111 Å². The number of hydrazine groups is 1. The number of aliphatic hydroxyl groups is 2. The number of aliphatic hydroxyl groups excluding tert-OH is 2. The largest absolute Gasteiger partial charge is 0.506 e. The van der Waals surface area contributed by atoms with Crippen molar-refractivity contribution in [2.45, 2.75) is 137 Å². The highest BCUT2D eigenvalue weighted by atomic mass is 16.7. The van der Waals surface area contributed by atoms with Gasteiger partial charge in [-0.1, -0.05) is 40.7 Å². The Hall–Kier alpha value is -5.18. The number of ether oxygens (including phenoxy) is 6. The lowest BCUT2D eigenvalue weighted by Crippen LogP contribution is -2.52. The number of nitrogens with one attached hydrogen (secondary N) is 5. The summed E-state index contributed by atoms with van der Waals surface area (Å²) < 4.78 is 29.7. The third kappa shape index (κ3) is 38.9. The molecule has 1 aromatic rings. The third-order valence-electron chi connectivity index (χ3n) is 11.1. The summed E-state index contributed by atoms with van der Waals surface area (Å²) in [4.78, 5) is 66.6. The molecule has 24 nitrogen and oxygen atoms in total. The minimum Gasteiger partial charge on any atom is -0.483 e. The molecule has 0 bridgehead atoms. The lowest BCUT2D eigenvalue weighted by atomic mass is 10.0. The first-order valence-electron chi connectivity index (χ1n) is 25.4. The van der Waals surface area contributed by atoms with E-state index in [1.54, 1.807) is 32.4 Å².